The van der Waals surface area contributed by atoms with Crippen molar-refractivity contribution in [2.75, 3.05) is 11.4 Å². The first kappa shape index (κ1) is 20.7. The molecule has 6 heteroatoms. The van der Waals surface area contributed by atoms with Crippen LogP contribution in [0.15, 0.2) is 42.5 Å². The fourth-order valence-corrected chi connectivity index (χ4v) is 3.85. The zero-order valence-corrected chi connectivity index (χ0v) is 17.4. The Morgan fingerprint density at radius 3 is 2.61 bits per heavy atom. The van der Waals surface area contributed by atoms with Gasteiger partial charge in [-0.1, -0.05) is 55.2 Å². The van der Waals surface area contributed by atoms with Gasteiger partial charge in [-0.2, -0.15) is 5.26 Å². The molecule has 0 radical (unpaired) electrons. The van der Waals surface area contributed by atoms with Crippen molar-refractivity contribution in [3.8, 4) is 6.07 Å². The van der Waals surface area contributed by atoms with Crippen molar-refractivity contribution in [2.45, 2.75) is 38.9 Å². The summed E-state index contributed by atoms with van der Waals surface area (Å²) in [5.41, 5.74) is 2.34. The summed E-state index contributed by atoms with van der Waals surface area (Å²) in [6.07, 6.45) is -0.719. The minimum atomic E-state index is -0.731. The van der Waals surface area contributed by atoms with Gasteiger partial charge in [0.15, 0.2) is 0 Å². The average Bonchev–Trinajstić information content (AvgIpc) is 2.76. The lowest BCUT2D eigenvalue weighted by Gasteiger charge is -2.26. The first-order chi connectivity index (χ1) is 13.4. The van der Waals surface area contributed by atoms with E-state index in [0.717, 1.165) is 16.8 Å². The predicted octanol–water partition coefficient (Wildman–Crippen LogP) is 5.77. The number of halogens is 2. The molecule has 2 atom stereocenters. The summed E-state index contributed by atoms with van der Waals surface area (Å²) in [6, 6.07) is 15.0. The van der Waals surface area contributed by atoms with Crippen molar-refractivity contribution in [1.82, 2.24) is 0 Å². The molecular weight excluding hydrogens is 395 g/mol. The first-order valence-corrected chi connectivity index (χ1v) is 10.1. The Labute approximate surface area is 175 Å². The van der Waals surface area contributed by atoms with E-state index >= 15 is 0 Å². The average molecular weight is 417 g/mol. The standard InChI is InChI=1S/C22H22Cl2N2O2/c1-14(2)13-26-19-10-9-15(23)12-17(19)21(16-6-3-4-7-18(16)24)28-20(22(26)27)8-5-11-25/h3-4,6-7,9-10,12,14,20-21H,5,8,13H2,1-2H3/t20-,21-/m0/s1. The quantitative estimate of drug-likeness (QED) is 0.620. The van der Waals surface area contributed by atoms with Crippen LogP contribution in [0, 0.1) is 17.2 Å². The second-order valence-electron chi connectivity index (χ2n) is 7.27. The van der Waals surface area contributed by atoms with E-state index < -0.39 is 12.2 Å². The van der Waals surface area contributed by atoms with Crippen molar-refractivity contribution >= 4 is 34.8 Å². The maximum absolute atomic E-state index is 13.3. The maximum Gasteiger partial charge on any atom is 0.256 e. The van der Waals surface area contributed by atoms with Crippen molar-refractivity contribution in [2.24, 2.45) is 5.92 Å². The highest BCUT2D eigenvalue weighted by atomic mass is 35.5. The smallest absolute Gasteiger partial charge is 0.256 e. The molecule has 0 spiro atoms. The number of carbonyl (C=O) groups is 1. The minimum Gasteiger partial charge on any atom is -0.356 e. The Bertz CT molecular complexity index is 908. The number of fused-ring (bicyclic) bond motifs is 1. The highest BCUT2D eigenvalue weighted by molar-refractivity contribution is 6.31. The van der Waals surface area contributed by atoms with Crippen molar-refractivity contribution in [3.63, 3.8) is 0 Å². The molecule has 2 aromatic rings. The van der Waals surface area contributed by atoms with Crippen molar-refractivity contribution < 1.29 is 9.53 Å². The highest BCUT2D eigenvalue weighted by Gasteiger charge is 2.37. The fourth-order valence-electron chi connectivity index (χ4n) is 3.44. The van der Waals surface area contributed by atoms with Gasteiger partial charge in [-0.3, -0.25) is 4.79 Å². The van der Waals surface area contributed by atoms with E-state index in [2.05, 4.69) is 19.9 Å². The number of amides is 1. The first-order valence-electron chi connectivity index (χ1n) is 9.30. The van der Waals surface area contributed by atoms with Crippen LogP contribution in [0.2, 0.25) is 10.0 Å². The van der Waals surface area contributed by atoms with Crippen LogP contribution in [-0.4, -0.2) is 18.6 Å². The van der Waals surface area contributed by atoms with Crippen LogP contribution < -0.4 is 4.90 Å². The van der Waals surface area contributed by atoms with E-state index in [4.69, 9.17) is 33.2 Å². The molecule has 3 rings (SSSR count). The largest absolute Gasteiger partial charge is 0.356 e. The van der Waals surface area contributed by atoms with Gasteiger partial charge in [-0.15, -0.1) is 0 Å². The van der Waals surface area contributed by atoms with E-state index in [0.29, 0.717) is 23.0 Å². The Balaban J connectivity index is 2.18. The lowest BCUT2D eigenvalue weighted by atomic mass is 9.99. The Morgan fingerprint density at radius 2 is 1.93 bits per heavy atom. The van der Waals surface area contributed by atoms with Crippen LogP contribution in [0.1, 0.15) is 43.9 Å². The predicted molar refractivity (Wildman–Crippen MR) is 112 cm³/mol. The number of anilines is 1. The summed E-state index contributed by atoms with van der Waals surface area (Å²) >= 11 is 12.8. The van der Waals surface area contributed by atoms with E-state index in [1.807, 2.05) is 30.3 Å². The second-order valence-corrected chi connectivity index (χ2v) is 8.11. The molecule has 146 valence electrons. The molecule has 0 saturated carbocycles. The van der Waals surface area contributed by atoms with Crippen LogP contribution >= 0.6 is 23.2 Å². The third-order valence-corrected chi connectivity index (χ3v) is 5.24. The van der Waals surface area contributed by atoms with E-state index in [9.17, 15) is 4.79 Å². The van der Waals surface area contributed by atoms with Crippen LogP contribution in [0.25, 0.3) is 0 Å². The molecule has 0 aliphatic carbocycles. The van der Waals surface area contributed by atoms with E-state index in [1.165, 1.54) is 0 Å². The van der Waals surface area contributed by atoms with Crippen molar-refractivity contribution in [1.29, 1.82) is 5.26 Å². The third kappa shape index (κ3) is 4.33. The number of benzene rings is 2. The number of nitrogens with zero attached hydrogens (tertiary/aromatic N) is 2. The Morgan fingerprint density at radius 1 is 1.18 bits per heavy atom. The zero-order valence-electron chi connectivity index (χ0n) is 15.9. The molecule has 0 aromatic heterocycles. The molecule has 0 saturated heterocycles. The number of hydrogen-bond acceptors (Lipinski definition) is 3. The Kier molecular flexibility index (Phi) is 6.61. The van der Waals surface area contributed by atoms with Crippen LogP contribution in [0.3, 0.4) is 0 Å². The van der Waals surface area contributed by atoms with Gasteiger partial charge >= 0.3 is 0 Å². The Hall–Kier alpha value is -2.06. The topological polar surface area (TPSA) is 53.3 Å². The van der Waals surface area contributed by atoms with E-state index in [1.54, 1.807) is 17.0 Å². The molecule has 28 heavy (non-hydrogen) atoms. The van der Waals surface area contributed by atoms with Gasteiger partial charge in [-0.05, 0) is 36.6 Å². The fraction of sp³-hybridized carbons (Fsp3) is 0.364. The molecule has 1 aliphatic rings. The molecule has 0 N–H and O–H groups in total. The molecule has 2 aromatic carbocycles. The summed E-state index contributed by atoms with van der Waals surface area (Å²) < 4.78 is 6.30. The summed E-state index contributed by atoms with van der Waals surface area (Å²) in [5, 5.41) is 10.2. The maximum atomic E-state index is 13.3. The lowest BCUT2D eigenvalue weighted by molar-refractivity contribution is -0.132. The summed E-state index contributed by atoms with van der Waals surface area (Å²) in [5.74, 6) is 0.128. The van der Waals surface area contributed by atoms with Crippen molar-refractivity contribution in [3.05, 3.63) is 63.6 Å². The number of carbonyl (C=O) groups excluding carboxylic acids is 1. The van der Waals surface area contributed by atoms with Gasteiger partial charge < -0.3 is 9.64 Å². The summed E-state index contributed by atoms with van der Waals surface area (Å²) in [4.78, 5) is 15.1. The monoisotopic (exact) mass is 416 g/mol. The van der Waals surface area contributed by atoms with Crippen LogP contribution in [-0.2, 0) is 9.53 Å². The molecule has 0 unspecified atom stereocenters. The SMILES string of the molecule is CC(C)CN1C(=O)[C@H](CCC#N)O[C@@H](c2ccccc2Cl)c2cc(Cl)ccc21. The summed E-state index contributed by atoms with van der Waals surface area (Å²) in [7, 11) is 0. The minimum absolute atomic E-state index is 0.137. The zero-order chi connectivity index (χ0) is 20.3. The molecular formula is C22H22Cl2N2O2. The number of rotatable bonds is 5. The van der Waals surface area contributed by atoms with E-state index in [-0.39, 0.29) is 18.2 Å². The molecule has 1 heterocycles. The number of nitriles is 1. The third-order valence-electron chi connectivity index (χ3n) is 4.66. The van der Waals surface area contributed by atoms with Gasteiger partial charge in [-0.25, -0.2) is 0 Å². The van der Waals surface area contributed by atoms with Crippen LogP contribution in [0.4, 0.5) is 5.69 Å². The van der Waals surface area contributed by atoms with Gasteiger partial charge in [0.25, 0.3) is 5.91 Å². The molecule has 1 aliphatic heterocycles. The molecule has 4 nitrogen and oxygen atoms in total. The summed E-state index contributed by atoms with van der Waals surface area (Å²) in [6.45, 7) is 4.67. The normalized spacial score (nSPS) is 19.3. The van der Waals surface area contributed by atoms with Gasteiger partial charge in [0.1, 0.15) is 12.2 Å². The molecule has 0 bridgehead atoms. The number of hydrogen-bond donors (Lipinski definition) is 0. The molecule has 0 fully saturated rings. The van der Waals surface area contributed by atoms with Crippen LogP contribution in [0.5, 0.6) is 0 Å². The van der Waals surface area contributed by atoms with Gasteiger partial charge in [0.2, 0.25) is 0 Å². The molecule has 1 amide bonds. The number of ether oxygens (including phenoxy) is 1. The second kappa shape index (κ2) is 8.96. The van der Waals surface area contributed by atoms with Gasteiger partial charge in [0.05, 0.1) is 6.07 Å². The lowest BCUT2D eigenvalue weighted by Crippen LogP contribution is -2.41. The highest BCUT2D eigenvalue weighted by Crippen LogP contribution is 2.42. The van der Waals surface area contributed by atoms with Gasteiger partial charge in [0, 0.05) is 39.8 Å².